The first-order chi connectivity index (χ1) is 13.5. The van der Waals surface area contributed by atoms with Crippen molar-refractivity contribution in [1.29, 1.82) is 0 Å². The molecule has 1 aliphatic carbocycles. The van der Waals surface area contributed by atoms with Crippen LogP contribution >= 0.6 is 0 Å². The van der Waals surface area contributed by atoms with E-state index in [9.17, 15) is 20.1 Å². The van der Waals surface area contributed by atoms with Crippen LogP contribution in [0.4, 0.5) is 0 Å². The van der Waals surface area contributed by atoms with Crippen molar-refractivity contribution in [2.24, 2.45) is 11.8 Å². The molecule has 2 rings (SSSR count). The highest BCUT2D eigenvalue weighted by Gasteiger charge is 2.40. The van der Waals surface area contributed by atoms with Crippen molar-refractivity contribution in [2.75, 3.05) is 0 Å². The van der Waals surface area contributed by atoms with Crippen LogP contribution in [0.2, 0.25) is 0 Å². The third kappa shape index (κ3) is 7.74. The fourth-order valence-electron chi connectivity index (χ4n) is 4.16. The molecule has 0 radical (unpaired) electrons. The van der Waals surface area contributed by atoms with Gasteiger partial charge in [0, 0.05) is 6.42 Å². The Morgan fingerprint density at radius 3 is 2.50 bits per heavy atom. The molecule has 5 heteroatoms. The summed E-state index contributed by atoms with van der Waals surface area (Å²) in [6.45, 7) is 0. The molecule has 5 atom stereocenters. The van der Waals surface area contributed by atoms with Crippen LogP contribution < -0.4 is 0 Å². The molecular formula is C23H34O5. The number of allylic oxidation sites excluding steroid dienone is 2. The smallest absolute Gasteiger partial charge is 0.303 e. The molecule has 1 fully saturated rings. The average molecular weight is 391 g/mol. The molecular weight excluding hydrogens is 356 g/mol. The Kier molecular flexibility index (Phi) is 9.68. The van der Waals surface area contributed by atoms with Crippen molar-refractivity contribution in [2.45, 2.75) is 76.1 Å². The minimum atomic E-state index is -0.784. The predicted octanol–water partition coefficient (Wildman–Crippen LogP) is 3.32. The van der Waals surface area contributed by atoms with Gasteiger partial charge >= 0.3 is 5.97 Å². The predicted molar refractivity (Wildman–Crippen MR) is 109 cm³/mol. The van der Waals surface area contributed by atoms with E-state index in [1.165, 1.54) is 5.56 Å². The second-order valence-electron chi connectivity index (χ2n) is 7.95. The second kappa shape index (κ2) is 12.0. The number of rotatable bonds is 12. The van der Waals surface area contributed by atoms with Gasteiger partial charge in [-0.3, -0.25) is 4.79 Å². The van der Waals surface area contributed by atoms with Gasteiger partial charge < -0.3 is 20.4 Å². The van der Waals surface area contributed by atoms with Gasteiger partial charge in [-0.25, -0.2) is 0 Å². The molecule has 1 aromatic rings. The minimum absolute atomic E-state index is 0.00736. The van der Waals surface area contributed by atoms with Crippen molar-refractivity contribution in [3.63, 3.8) is 0 Å². The second-order valence-corrected chi connectivity index (χ2v) is 7.95. The Morgan fingerprint density at radius 1 is 1.07 bits per heavy atom. The van der Waals surface area contributed by atoms with E-state index >= 15 is 0 Å². The summed E-state index contributed by atoms with van der Waals surface area (Å²) in [7, 11) is 0. The molecule has 0 aromatic heterocycles. The maximum Gasteiger partial charge on any atom is 0.303 e. The molecule has 0 amide bonds. The van der Waals surface area contributed by atoms with E-state index in [1.54, 1.807) is 0 Å². The Balaban J connectivity index is 1.74. The summed E-state index contributed by atoms with van der Waals surface area (Å²) in [4.78, 5) is 10.5. The number of hydrogen-bond acceptors (Lipinski definition) is 4. The normalized spacial score (nSPS) is 26.0. The molecule has 0 spiro atoms. The van der Waals surface area contributed by atoms with Crippen LogP contribution in [0.25, 0.3) is 0 Å². The summed E-state index contributed by atoms with van der Waals surface area (Å²) < 4.78 is 0. The van der Waals surface area contributed by atoms with E-state index in [4.69, 9.17) is 5.11 Å². The van der Waals surface area contributed by atoms with Gasteiger partial charge in [0.2, 0.25) is 0 Å². The van der Waals surface area contributed by atoms with E-state index in [2.05, 4.69) is 12.1 Å². The van der Waals surface area contributed by atoms with Gasteiger partial charge in [-0.1, -0.05) is 42.5 Å². The number of carbonyl (C=O) groups is 1. The van der Waals surface area contributed by atoms with Crippen LogP contribution in [-0.4, -0.2) is 44.7 Å². The number of carboxylic acids is 1. The largest absolute Gasteiger partial charge is 0.481 e. The van der Waals surface area contributed by atoms with Crippen LogP contribution in [-0.2, 0) is 11.2 Å². The van der Waals surface area contributed by atoms with Crippen molar-refractivity contribution in [1.82, 2.24) is 0 Å². The van der Waals surface area contributed by atoms with Crippen molar-refractivity contribution >= 4 is 5.97 Å². The molecule has 4 N–H and O–H groups in total. The number of benzene rings is 1. The van der Waals surface area contributed by atoms with Crippen molar-refractivity contribution in [3.05, 3.63) is 48.0 Å². The summed E-state index contributed by atoms with van der Waals surface area (Å²) in [6.07, 6.45) is 7.91. The summed E-state index contributed by atoms with van der Waals surface area (Å²) in [5.74, 6) is -0.800. The minimum Gasteiger partial charge on any atom is -0.481 e. The number of hydrogen-bond donors (Lipinski definition) is 4. The first-order valence-electron chi connectivity index (χ1n) is 10.4. The molecule has 28 heavy (non-hydrogen) atoms. The van der Waals surface area contributed by atoms with E-state index in [0.717, 1.165) is 6.42 Å². The first kappa shape index (κ1) is 22.6. The lowest BCUT2D eigenvalue weighted by atomic mass is 9.85. The Labute approximate surface area is 167 Å². The lowest BCUT2D eigenvalue weighted by Crippen LogP contribution is -2.23. The van der Waals surface area contributed by atoms with Gasteiger partial charge in [0.1, 0.15) is 0 Å². The van der Waals surface area contributed by atoms with Crippen LogP contribution in [0.3, 0.4) is 0 Å². The SMILES string of the molecule is O=C(O)CCCC=CC[C@@H]1[C@@H](CCC(O)CCc2ccccc2)[C@H](O)C[C@H]1O. The first-order valence-corrected chi connectivity index (χ1v) is 10.4. The van der Waals surface area contributed by atoms with Gasteiger partial charge in [0.25, 0.3) is 0 Å². The Bertz CT molecular complexity index is 600. The monoisotopic (exact) mass is 390 g/mol. The van der Waals surface area contributed by atoms with Gasteiger partial charge in [0.05, 0.1) is 18.3 Å². The summed E-state index contributed by atoms with van der Waals surface area (Å²) in [5, 5.41) is 39.6. The number of aryl methyl sites for hydroxylation is 1. The molecule has 0 aliphatic heterocycles. The summed E-state index contributed by atoms with van der Waals surface area (Å²) >= 11 is 0. The summed E-state index contributed by atoms with van der Waals surface area (Å²) in [5.41, 5.74) is 1.21. The molecule has 5 nitrogen and oxygen atoms in total. The molecule has 1 saturated carbocycles. The molecule has 0 saturated heterocycles. The highest BCUT2D eigenvalue weighted by molar-refractivity contribution is 5.66. The zero-order valence-electron chi connectivity index (χ0n) is 16.5. The molecule has 1 aromatic carbocycles. The topological polar surface area (TPSA) is 98.0 Å². The molecule has 156 valence electrons. The number of aliphatic hydroxyl groups excluding tert-OH is 3. The van der Waals surface area contributed by atoms with E-state index < -0.39 is 24.3 Å². The van der Waals surface area contributed by atoms with Gasteiger partial charge in [-0.2, -0.15) is 0 Å². The summed E-state index contributed by atoms with van der Waals surface area (Å²) in [6, 6.07) is 10.1. The number of aliphatic carboxylic acids is 1. The van der Waals surface area contributed by atoms with Gasteiger partial charge in [0.15, 0.2) is 0 Å². The van der Waals surface area contributed by atoms with E-state index in [0.29, 0.717) is 44.9 Å². The van der Waals surface area contributed by atoms with Crippen molar-refractivity contribution in [3.8, 4) is 0 Å². The maximum atomic E-state index is 10.5. The van der Waals surface area contributed by atoms with Crippen LogP contribution in [0.5, 0.6) is 0 Å². The van der Waals surface area contributed by atoms with E-state index in [-0.39, 0.29) is 18.3 Å². The number of carboxylic acid groups (broad SMARTS) is 1. The highest BCUT2D eigenvalue weighted by atomic mass is 16.4. The molecule has 0 heterocycles. The molecule has 1 aliphatic rings. The van der Waals surface area contributed by atoms with Crippen molar-refractivity contribution < 1.29 is 25.2 Å². The Hall–Kier alpha value is -1.69. The van der Waals surface area contributed by atoms with Crippen LogP contribution in [0.1, 0.15) is 56.9 Å². The highest BCUT2D eigenvalue weighted by Crippen LogP contribution is 2.38. The van der Waals surface area contributed by atoms with Crippen LogP contribution in [0.15, 0.2) is 42.5 Å². The fraction of sp³-hybridized carbons (Fsp3) is 0.609. The maximum absolute atomic E-state index is 10.5. The average Bonchev–Trinajstić information content (AvgIpc) is 2.94. The quantitative estimate of drug-likeness (QED) is 0.324. The lowest BCUT2D eigenvalue weighted by molar-refractivity contribution is -0.137. The molecule has 0 bridgehead atoms. The lowest BCUT2D eigenvalue weighted by Gasteiger charge is -2.23. The van der Waals surface area contributed by atoms with Gasteiger partial charge in [-0.15, -0.1) is 0 Å². The zero-order valence-corrected chi connectivity index (χ0v) is 16.5. The Morgan fingerprint density at radius 2 is 1.79 bits per heavy atom. The zero-order chi connectivity index (χ0) is 20.4. The number of aliphatic hydroxyl groups is 3. The molecule has 1 unspecified atom stereocenters. The number of unbranched alkanes of at least 4 members (excludes halogenated alkanes) is 1. The third-order valence-electron chi connectivity index (χ3n) is 5.80. The fourth-order valence-corrected chi connectivity index (χ4v) is 4.16. The van der Waals surface area contributed by atoms with Crippen LogP contribution in [0, 0.1) is 11.8 Å². The van der Waals surface area contributed by atoms with Gasteiger partial charge in [-0.05, 0) is 68.8 Å². The third-order valence-corrected chi connectivity index (χ3v) is 5.80. The van der Waals surface area contributed by atoms with E-state index in [1.807, 2.05) is 30.4 Å². The standard InChI is InChI=1S/C23H34O5/c24-18(13-12-17-8-4-3-5-9-17)14-15-20-19(21(25)16-22(20)26)10-6-1-2-7-11-23(27)28/h1,3-6,8-9,18-22,24-26H,2,7,10-16H2,(H,27,28)/t18?,19-,20-,21-,22-/m1/s1.